The second-order valence-corrected chi connectivity index (χ2v) is 3.92. The van der Waals surface area contributed by atoms with Gasteiger partial charge in [-0.2, -0.15) is 5.10 Å². The van der Waals surface area contributed by atoms with Gasteiger partial charge in [-0.1, -0.05) is 32.6 Å². The van der Waals surface area contributed by atoms with Gasteiger partial charge in [0.15, 0.2) is 0 Å². The van der Waals surface area contributed by atoms with Gasteiger partial charge >= 0.3 is 0 Å². The summed E-state index contributed by atoms with van der Waals surface area (Å²) in [6.45, 7) is 7.66. The first-order valence-corrected chi connectivity index (χ1v) is 5.77. The molecule has 0 aliphatic carbocycles. The van der Waals surface area contributed by atoms with Crippen LogP contribution in [0.15, 0.2) is 36.0 Å². The summed E-state index contributed by atoms with van der Waals surface area (Å²) < 4.78 is 0. The number of hydrogen-bond donors (Lipinski definition) is 3. The number of nitrogens with zero attached hydrogens (tertiary/aromatic N) is 1. The first-order valence-electron chi connectivity index (χ1n) is 5.77. The molecule has 4 nitrogen and oxygen atoms in total. The van der Waals surface area contributed by atoms with Crippen LogP contribution < -0.4 is 11.2 Å². The predicted octanol–water partition coefficient (Wildman–Crippen LogP) is 2.77. The van der Waals surface area contributed by atoms with Gasteiger partial charge in [-0.3, -0.25) is 0 Å². The fourth-order valence-electron chi connectivity index (χ4n) is 1.21. The van der Waals surface area contributed by atoms with Gasteiger partial charge in [0.25, 0.3) is 0 Å². The number of anilines is 1. The van der Waals surface area contributed by atoms with Crippen LogP contribution in [-0.4, -0.2) is 19.5 Å². The second-order valence-electron chi connectivity index (χ2n) is 3.92. The van der Waals surface area contributed by atoms with Crippen LogP contribution in [0.25, 0.3) is 0 Å². The molecule has 0 saturated heterocycles. The SMILES string of the molecule is C=C/C=N\NC.CC(C)c1ccc(C=N)c(N)c1. The molecule has 1 aromatic rings. The van der Waals surface area contributed by atoms with Crippen LogP contribution >= 0.6 is 0 Å². The number of benzene rings is 1. The van der Waals surface area contributed by atoms with E-state index in [2.05, 4.69) is 31.0 Å². The molecule has 0 saturated carbocycles. The fraction of sp³-hybridized carbons (Fsp3) is 0.286. The van der Waals surface area contributed by atoms with Gasteiger partial charge in [-0.05, 0) is 23.6 Å². The molecule has 0 radical (unpaired) electrons. The summed E-state index contributed by atoms with van der Waals surface area (Å²) in [5, 5.41) is 10.7. The van der Waals surface area contributed by atoms with Crippen LogP contribution in [0.1, 0.15) is 30.9 Å². The first-order chi connectivity index (χ1) is 8.56. The van der Waals surface area contributed by atoms with Crippen LogP contribution in [0.5, 0.6) is 0 Å². The topological polar surface area (TPSA) is 74.3 Å². The van der Waals surface area contributed by atoms with Gasteiger partial charge in [0.2, 0.25) is 0 Å². The van der Waals surface area contributed by atoms with Crippen molar-refractivity contribution in [1.82, 2.24) is 5.43 Å². The summed E-state index contributed by atoms with van der Waals surface area (Å²) in [4.78, 5) is 0. The molecule has 0 fully saturated rings. The van der Waals surface area contributed by atoms with Crippen molar-refractivity contribution in [3.05, 3.63) is 42.0 Å². The Bertz CT molecular complexity index is 408. The van der Waals surface area contributed by atoms with E-state index in [-0.39, 0.29) is 0 Å². The number of nitrogen functional groups attached to an aromatic ring is 1. The van der Waals surface area contributed by atoms with Gasteiger partial charge in [0.1, 0.15) is 0 Å². The lowest BCUT2D eigenvalue weighted by Gasteiger charge is -2.07. The van der Waals surface area contributed by atoms with E-state index < -0.39 is 0 Å². The molecule has 98 valence electrons. The average Bonchev–Trinajstić information content (AvgIpc) is 2.36. The Balaban J connectivity index is 0.000000411. The molecule has 1 aromatic carbocycles. The molecular formula is C14H22N4. The largest absolute Gasteiger partial charge is 0.398 e. The van der Waals surface area contributed by atoms with Crippen LogP contribution in [0.4, 0.5) is 5.69 Å². The Morgan fingerprint density at radius 3 is 2.44 bits per heavy atom. The van der Waals surface area contributed by atoms with Gasteiger partial charge in [-0.15, -0.1) is 0 Å². The molecule has 4 heteroatoms. The lowest BCUT2D eigenvalue weighted by Crippen LogP contribution is -1.95. The van der Waals surface area contributed by atoms with Crippen LogP contribution in [0.2, 0.25) is 0 Å². The van der Waals surface area contributed by atoms with Crippen LogP contribution in [-0.2, 0) is 0 Å². The Kier molecular flexibility index (Phi) is 7.94. The lowest BCUT2D eigenvalue weighted by atomic mass is 10.0. The van der Waals surface area contributed by atoms with Crippen LogP contribution in [0.3, 0.4) is 0 Å². The third-order valence-electron chi connectivity index (χ3n) is 2.24. The van der Waals surface area contributed by atoms with E-state index in [0.717, 1.165) is 5.56 Å². The molecule has 0 heterocycles. The fourth-order valence-corrected chi connectivity index (χ4v) is 1.21. The first kappa shape index (κ1) is 15.9. The third-order valence-corrected chi connectivity index (χ3v) is 2.24. The van der Waals surface area contributed by atoms with Crippen molar-refractivity contribution in [3.8, 4) is 0 Å². The van der Waals surface area contributed by atoms with Crippen LogP contribution in [0, 0.1) is 5.41 Å². The van der Waals surface area contributed by atoms with E-state index in [1.54, 1.807) is 19.3 Å². The van der Waals surface area contributed by atoms with E-state index >= 15 is 0 Å². The number of hydrogen-bond acceptors (Lipinski definition) is 4. The maximum absolute atomic E-state index is 7.06. The summed E-state index contributed by atoms with van der Waals surface area (Å²) in [7, 11) is 1.74. The maximum atomic E-state index is 7.06. The highest BCUT2D eigenvalue weighted by atomic mass is 15.3. The Morgan fingerprint density at radius 1 is 1.44 bits per heavy atom. The average molecular weight is 246 g/mol. The minimum atomic E-state index is 0.493. The minimum Gasteiger partial charge on any atom is -0.398 e. The summed E-state index contributed by atoms with van der Waals surface area (Å²) in [6, 6.07) is 5.84. The number of rotatable bonds is 4. The summed E-state index contributed by atoms with van der Waals surface area (Å²) in [5.41, 5.74) is 11.0. The molecule has 0 aromatic heterocycles. The monoisotopic (exact) mass is 246 g/mol. The molecular weight excluding hydrogens is 224 g/mol. The molecule has 18 heavy (non-hydrogen) atoms. The lowest BCUT2D eigenvalue weighted by molar-refractivity contribution is 0.867. The number of hydrazone groups is 1. The van der Waals surface area contributed by atoms with Gasteiger partial charge in [-0.25, -0.2) is 0 Å². The number of nitrogens with two attached hydrogens (primary N) is 1. The summed E-state index contributed by atoms with van der Waals surface area (Å²) in [5.74, 6) is 0.493. The van der Waals surface area contributed by atoms with E-state index in [0.29, 0.717) is 11.6 Å². The van der Waals surface area contributed by atoms with Crippen molar-refractivity contribution in [2.24, 2.45) is 5.10 Å². The molecule has 0 amide bonds. The molecule has 0 bridgehead atoms. The van der Waals surface area contributed by atoms with Crippen molar-refractivity contribution in [2.45, 2.75) is 19.8 Å². The van der Waals surface area contributed by atoms with E-state index in [1.165, 1.54) is 11.8 Å². The molecule has 1 rings (SSSR count). The van der Waals surface area contributed by atoms with Crippen molar-refractivity contribution in [2.75, 3.05) is 12.8 Å². The van der Waals surface area contributed by atoms with Crippen molar-refractivity contribution < 1.29 is 0 Å². The molecule has 0 atom stereocenters. The molecule has 0 unspecified atom stereocenters. The van der Waals surface area contributed by atoms with Gasteiger partial charge in [0.05, 0.1) is 0 Å². The van der Waals surface area contributed by atoms with Crippen molar-refractivity contribution >= 4 is 18.1 Å². The van der Waals surface area contributed by atoms with E-state index in [1.807, 2.05) is 18.2 Å². The highest BCUT2D eigenvalue weighted by molar-refractivity contribution is 5.84. The highest BCUT2D eigenvalue weighted by Gasteiger charge is 2.01. The Hall–Kier alpha value is -2.10. The van der Waals surface area contributed by atoms with Crippen molar-refractivity contribution in [1.29, 1.82) is 5.41 Å². The summed E-state index contributed by atoms with van der Waals surface area (Å²) >= 11 is 0. The smallest absolute Gasteiger partial charge is 0.0462 e. The molecule has 0 aliphatic heterocycles. The van der Waals surface area contributed by atoms with Crippen molar-refractivity contribution in [3.63, 3.8) is 0 Å². The van der Waals surface area contributed by atoms with E-state index in [4.69, 9.17) is 11.1 Å². The zero-order valence-electron chi connectivity index (χ0n) is 11.3. The van der Waals surface area contributed by atoms with Gasteiger partial charge < -0.3 is 16.6 Å². The predicted molar refractivity (Wildman–Crippen MR) is 80.6 cm³/mol. The Morgan fingerprint density at radius 2 is 2.11 bits per heavy atom. The minimum absolute atomic E-state index is 0.493. The summed E-state index contributed by atoms with van der Waals surface area (Å²) in [6.07, 6.45) is 4.47. The zero-order valence-corrected chi connectivity index (χ0v) is 11.3. The number of nitrogens with one attached hydrogen (secondary N) is 2. The molecule has 0 spiro atoms. The quantitative estimate of drug-likeness (QED) is 0.434. The highest BCUT2D eigenvalue weighted by Crippen LogP contribution is 2.19. The van der Waals surface area contributed by atoms with Gasteiger partial charge in [0, 0.05) is 30.7 Å². The Labute approximate surface area is 109 Å². The zero-order chi connectivity index (χ0) is 14.0. The third kappa shape index (κ3) is 5.84. The standard InChI is InChI=1S/C10H14N2.C4H8N2/c1-7(2)8-3-4-9(6-11)10(12)5-8;1-3-4-6-5-2/h3-7,11H,12H2,1-2H3;3-5H,1H2,2H3/b;6-4-. The maximum Gasteiger partial charge on any atom is 0.0462 e. The van der Waals surface area contributed by atoms with E-state index in [9.17, 15) is 0 Å². The number of allylic oxidation sites excluding steroid dienone is 1. The second kappa shape index (κ2) is 8.98. The normalized spacial score (nSPS) is 9.78. The molecule has 4 N–H and O–H groups in total. The molecule has 0 aliphatic rings.